The summed E-state index contributed by atoms with van der Waals surface area (Å²) < 4.78 is 58.6. The molecule has 1 heterocycles. The van der Waals surface area contributed by atoms with Gasteiger partial charge in [0.25, 0.3) is 5.91 Å². The fourth-order valence-corrected chi connectivity index (χ4v) is 5.54. The van der Waals surface area contributed by atoms with Crippen molar-refractivity contribution in [1.82, 2.24) is 19.7 Å². The number of carbonyl (C=O) groups excluding carboxylic acids is 2. The molecule has 0 atom stereocenters. The summed E-state index contributed by atoms with van der Waals surface area (Å²) in [5.74, 6) is -0.433. The molecule has 0 aliphatic carbocycles. The lowest BCUT2D eigenvalue weighted by atomic mass is 10.2. The number of carbonyl (C=O) groups is 2. The van der Waals surface area contributed by atoms with E-state index in [4.69, 9.17) is 4.74 Å². The lowest BCUT2D eigenvalue weighted by Gasteiger charge is -2.26. The first kappa shape index (κ1) is 24.6. The minimum atomic E-state index is -3.94. The van der Waals surface area contributed by atoms with E-state index in [0.717, 1.165) is 4.31 Å². The maximum Gasteiger partial charge on any atom is 0.251 e. The number of piperazine rings is 1. The summed E-state index contributed by atoms with van der Waals surface area (Å²) in [4.78, 5) is 23.9. The number of nitrogens with zero attached hydrogens (tertiary/aromatic N) is 1. The standard InChI is InChI=1S/C20H24N4O7S2/c1-31-16-5-7-17(8-6-16)32(27,28)23-10-9-22-20(26)15-3-2-4-18(13-15)33(29,30)24-12-11-21-19(25)14-24/h2-8,13,23H,9-12,14H2,1H3,(H,21,25)(H,22,26). The summed E-state index contributed by atoms with van der Waals surface area (Å²) in [6.45, 7) is -0.0188. The highest BCUT2D eigenvalue weighted by Crippen LogP contribution is 2.18. The zero-order chi connectivity index (χ0) is 24.1. The van der Waals surface area contributed by atoms with E-state index in [2.05, 4.69) is 15.4 Å². The van der Waals surface area contributed by atoms with Gasteiger partial charge in [-0.25, -0.2) is 21.6 Å². The summed E-state index contributed by atoms with van der Waals surface area (Å²) in [5, 5.41) is 5.10. The normalized spacial score (nSPS) is 15.0. The Morgan fingerprint density at radius 1 is 1.06 bits per heavy atom. The van der Waals surface area contributed by atoms with Crippen LogP contribution in [0.3, 0.4) is 0 Å². The van der Waals surface area contributed by atoms with E-state index in [1.165, 1.54) is 55.6 Å². The summed E-state index contributed by atoms with van der Waals surface area (Å²) in [6, 6.07) is 11.3. The monoisotopic (exact) mass is 496 g/mol. The topological polar surface area (TPSA) is 151 Å². The van der Waals surface area contributed by atoms with Crippen LogP contribution < -0.4 is 20.1 Å². The first-order valence-corrected chi connectivity index (χ1v) is 12.8. The van der Waals surface area contributed by atoms with Gasteiger partial charge in [0.15, 0.2) is 0 Å². The van der Waals surface area contributed by atoms with Gasteiger partial charge in [-0.2, -0.15) is 4.31 Å². The first-order chi connectivity index (χ1) is 15.6. The molecule has 3 N–H and O–H groups in total. The van der Waals surface area contributed by atoms with Crippen LogP contribution in [0.2, 0.25) is 0 Å². The molecule has 1 saturated heterocycles. The predicted octanol–water partition coefficient (Wildman–Crippen LogP) is -0.476. The van der Waals surface area contributed by atoms with Crippen molar-refractivity contribution < 1.29 is 31.2 Å². The van der Waals surface area contributed by atoms with Crippen LogP contribution in [0.1, 0.15) is 10.4 Å². The molecule has 3 rings (SSSR count). The van der Waals surface area contributed by atoms with E-state index in [9.17, 15) is 26.4 Å². The van der Waals surface area contributed by atoms with E-state index < -0.39 is 31.9 Å². The van der Waals surface area contributed by atoms with Gasteiger partial charge >= 0.3 is 0 Å². The molecule has 0 aromatic heterocycles. The Morgan fingerprint density at radius 3 is 2.45 bits per heavy atom. The lowest BCUT2D eigenvalue weighted by molar-refractivity contribution is -0.122. The van der Waals surface area contributed by atoms with Crippen LogP contribution in [0.15, 0.2) is 58.3 Å². The van der Waals surface area contributed by atoms with Gasteiger partial charge in [0.05, 0.1) is 23.4 Å². The van der Waals surface area contributed by atoms with Gasteiger partial charge in [-0.05, 0) is 42.5 Å². The van der Waals surface area contributed by atoms with Crippen LogP contribution in [0, 0.1) is 0 Å². The average Bonchev–Trinajstić information content (AvgIpc) is 2.82. The number of sulfonamides is 2. The van der Waals surface area contributed by atoms with Crippen molar-refractivity contribution in [2.75, 3.05) is 39.8 Å². The predicted molar refractivity (Wildman–Crippen MR) is 119 cm³/mol. The van der Waals surface area contributed by atoms with E-state index in [0.29, 0.717) is 5.75 Å². The minimum absolute atomic E-state index is 0.0164. The highest BCUT2D eigenvalue weighted by Gasteiger charge is 2.29. The summed E-state index contributed by atoms with van der Waals surface area (Å²) in [5.41, 5.74) is 0.0931. The van der Waals surface area contributed by atoms with Crippen LogP contribution in [0.25, 0.3) is 0 Å². The van der Waals surface area contributed by atoms with Crippen LogP contribution in [-0.4, -0.2) is 72.8 Å². The molecule has 2 aromatic rings. The molecule has 0 spiro atoms. The van der Waals surface area contributed by atoms with E-state index in [1.54, 1.807) is 0 Å². The molecule has 0 radical (unpaired) electrons. The van der Waals surface area contributed by atoms with Gasteiger partial charge in [0.2, 0.25) is 26.0 Å². The Bertz CT molecular complexity index is 1230. The van der Waals surface area contributed by atoms with Crippen LogP contribution in [0.4, 0.5) is 0 Å². The molecule has 33 heavy (non-hydrogen) atoms. The summed E-state index contributed by atoms with van der Waals surface area (Å²) in [7, 11) is -6.23. The molecule has 1 aliphatic heterocycles. The Hall–Kier alpha value is -3.00. The summed E-state index contributed by atoms with van der Waals surface area (Å²) in [6.07, 6.45) is 0. The third kappa shape index (κ3) is 6.07. The number of methoxy groups -OCH3 is 1. The fraction of sp³-hybridized carbons (Fsp3) is 0.300. The van der Waals surface area contributed by atoms with Crippen molar-refractivity contribution in [3.63, 3.8) is 0 Å². The number of benzene rings is 2. The van der Waals surface area contributed by atoms with Gasteiger partial charge in [0, 0.05) is 31.7 Å². The van der Waals surface area contributed by atoms with Crippen molar-refractivity contribution in [1.29, 1.82) is 0 Å². The maximum absolute atomic E-state index is 12.8. The first-order valence-electron chi connectivity index (χ1n) is 9.92. The molecular weight excluding hydrogens is 472 g/mol. The molecule has 0 bridgehead atoms. The molecule has 0 saturated carbocycles. The van der Waals surface area contributed by atoms with Gasteiger partial charge in [-0.3, -0.25) is 9.59 Å². The second kappa shape index (κ2) is 10.3. The van der Waals surface area contributed by atoms with Crippen molar-refractivity contribution in [3.8, 4) is 5.75 Å². The Balaban J connectivity index is 1.58. The maximum atomic E-state index is 12.8. The molecule has 178 valence electrons. The Labute approximate surface area is 192 Å². The van der Waals surface area contributed by atoms with Gasteiger partial charge in [-0.1, -0.05) is 6.07 Å². The quantitative estimate of drug-likeness (QED) is 0.397. The summed E-state index contributed by atoms with van der Waals surface area (Å²) >= 11 is 0. The molecule has 0 unspecified atom stereocenters. The molecular formula is C20H24N4O7S2. The van der Waals surface area contributed by atoms with Crippen molar-refractivity contribution >= 4 is 31.9 Å². The van der Waals surface area contributed by atoms with Crippen molar-refractivity contribution in [2.45, 2.75) is 9.79 Å². The van der Waals surface area contributed by atoms with E-state index >= 15 is 0 Å². The molecule has 1 fully saturated rings. The number of amides is 2. The number of nitrogens with one attached hydrogen (secondary N) is 3. The van der Waals surface area contributed by atoms with Crippen molar-refractivity contribution in [2.24, 2.45) is 0 Å². The smallest absolute Gasteiger partial charge is 0.251 e. The highest BCUT2D eigenvalue weighted by molar-refractivity contribution is 7.89. The molecule has 11 nitrogen and oxygen atoms in total. The Kier molecular flexibility index (Phi) is 7.68. The zero-order valence-electron chi connectivity index (χ0n) is 17.8. The zero-order valence-corrected chi connectivity index (χ0v) is 19.4. The van der Waals surface area contributed by atoms with Gasteiger partial charge < -0.3 is 15.4 Å². The lowest BCUT2D eigenvalue weighted by Crippen LogP contribution is -2.49. The second-order valence-corrected chi connectivity index (χ2v) is 10.8. The third-order valence-corrected chi connectivity index (χ3v) is 8.13. The van der Waals surface area contributed by atoms with E-state index in [1.807, 2.05) is 0 Å². The van der Waals surface area contributed by atoms with Crippen LogP contribution in [0.5, 0.6) is 5.75 Å². The highest BCUT2D eigenvalue weighted by atomic mass is 32.2. The second-order valence-electron chi connectivity index (χ2n) is 7.05. The molecule has 13 heteroatoms. The number of hydrogen-bond donors (Lipinski definition) is 3. The molecule has 1 aliphatic rings. The van der Waals surface area contributed by atoms with Crippen LogP contribution in [-0.2, 0) is 24.8 Å². The largest absolute Gasteiger partial charge is 0.497 e. The fourth-order valence-electron chi connectivity index (χ4n) is 3.07. The minimum Gasteiger partial charge on any atom is -0.497 e. The number of rotatable bonds is 9. The molecule has 2 amide bonds. The van der Waals surface area contributed by atoms with Crippen molar-refractivity contribution in [3.05, 3.63) is 54.1 Å². The van der Waals surface area contributed by atoms with E-state index in [-0.39, 0.29) is 48.1 Å². The number of hydrogen-bond acceptors (Lipinski definition) is 7. The Morgan fingerprint density at radius 2 is 1.79 bits per heavy atom. The molecule has 2 aromatic carbocycles. The third-order valence-electron chi connectivity index (χ3n) is 4.81. The average molecular weight is 497 g/mol. The van der Waals surface area contributed by atoms with Crippen LogP contribution >= 0.6 is 0 Å². The van der Waals surface area contributed by atoms with Gasteiger partial charge in [0.1, 0.15) is 5.75 Å². The SMILES string of the molecule is COc1ccc(S(=O)(=O)NCCNC(=O)c2cccc(S(=O)(=O)N3CCNC(=O)C3)c2)cc1. The van der Waals surface area contributed by atoms with Gasteiger partial charge in [-0.15, -0.1) is 0 Å². The number of ether oxygens (including phenoxy) is 1.